The lowest BCUT2D eigenvalue weighted by atomic mass is 9.90. The first-order valence-electron chi connectivity index (χ1n) is 10.3. The van der Waals surface area contributed by atoms with Crippen LogP contribution in [0.1, 0.15) is 48.7 Å². The average molecular weight is 385 g/mol. The summed E-state index contributed by atoms with van der Waals surface area (Å²) in [5, 5.41) is 5.09. The van der Waals surface area contributed by atoms with Gasteiger partial charge in [-0.2, -0.15) is 4.39 Å². The Balaban J connectivity index is 1.49. The molecule has 29 heavy (non-hydrogen) atoms. The van der Waals surface area contributed by atoms with Crippen LogP contribution in [0.3, 0.4) is 0 Å². The van der Waals surface area contributed by atoms with Crippen LogP contribution in [0, 0.1) is 5.95 Å². The average Bonchev–Trinajstić information content (AvgIpc) is 3.14. The molecule has 0 amide bonds. The number of aromatic amines is 1. The molecule has 2 atom stereocenters. The van der Waals surface area contributed by atoms with Gasteiger partial charge in [0.05, 0.1) is 0 Å². The van der Waals surface area contributed by atoms with E-state index in [0.717, 1.165) is 29.5 Å². The van der Waals surface area contributed by atoms with Crippen molar-refractivity contribution in [3.05, 3.63) is 89.6 Å². The van der Waals surface area contributed by atoms with Crippen molar-refractivity contribution in [2.75, 3.05) is 0 Å². The maximum absolute atomic E-state index is 13.2. The summed E-state index contributed by atoms with van der Waals surface area (Å²) in [6, 6.07) is 20.8. The summed E-state index contributed by atoms with van der Waals surface area (Å²) < 4.78 is 13.2. The molecular formula is C25H24FN3. The molecule has 0 spiro atoms. The third-order valence-corrected chi connectivity index (χ3v) is 6.02. The van der Waals surface area contributed by atoms with E-state index in [1.807, 2.05) is 0 Å². The zero-order valence-electron chi connectivity index (χ0n) is 16.5. The summed E-state index contributed by atoms with van der Waals surface area (Å²) in [6.07, 6.45) is 4.98. The third-order valence-electron chi connectivity index (χ3n) is 6.02. The molecule has 0 fully saturated rings. The molecule has 3 nitrogen and oxygen atoms in total. The van der Waals surface area contributed by atoms with Crippen LogP contribution in [0.15, 0.2) is 66.9 Å². The molecule has 5 rings (SSSR count). The number of H-pyrrole nitrogens is 1. The van der Waals surface area contributed by atoms with E-state index < -0.39 is 5.95 Å². The molecule has 0 saturated heterocycles. The summed E-state index contributed by atoms with van der Waals surface area (Å²) in [7, 11) is 0. The van der Waals surface area contributed by atoms with Crippen LogP contribution in [0.5, 0.6) is 0 Å². The largest absolute Gasteiger partial charge is 0.357 e. The van der Waals surface area contributed by atoms with E-state index in [0.29, 0.717) is 12.1 Å². The van der Waals surface area contributed by atoms with Crippen LogP contribution in [0.25, 0.3) is 22.0 Å². The van der Waals surface area contributed by atoms with Crippen molar-refractivity contribution in [1.29, 1.82) is 0 Å². The predicted octanol–water partition coefficient (Wildman–Crippen LogP) is 6.10. The van der Waals surface area contributed by atoms with Crippen molar-refractivity contribution in [3.8, 4) is 11.1 Å². The summed E-state index contributed by atoms with van der Waals surface area (Å²) in [5.74, 6) is -0.449. The monoisotopic (exact) mass is 385 g/mol. The summed E-state index contributed by atoms with van der Waals surface area (Å²) in [5.41, 5.74) is 7.19. The molecule has 1 aliphatic rings. The number of pyridine rings is 1. The fourth-order valence-corrected chi connectivity index (χ4v) is 4.50. The van der Waals surface area contributed by atoms with Gasteiger partial charge in [0.1, 0.15) is 0 Å². The minimum absolute atomic E-state index is 0.291. The van der Waals surface area contributed by atoms with E-state index in [4.69, 9.17) is 0 Å². The molecule has 2 N–H and O–H groups in total. The highest BCUT2D eigenvalue weighted by molar-refractivity contribution is 5.89. The van der Waals surface area contributed by atoms with Gasteiger partial charge in [-0.25, -0.2) is 4.98 Å². The molecule has 2 heterocycles. The van der Waals surface area contributed by atoms with E-state index >= 15 is 0 Å². The van der Waals surface area contributed by atoms with Gasteiger partial charge in [0.15, 0.2) is 0 Å². The van der Waals surface area contributed by atoms with E-state index in [1.165, 1.54) is 34.7 Å². The number of aryl methyl sites for hydroxylation is 1. The lowest BCUT2D eigenvalue weighted by Gasteiger charge is -2.27. The Morgan fingerprint density at radius 2 is 1.90 bits per heavy atom. The van der Waals surface area contributed by atoms with Crippen LogP contribution in [-0.4, -0.2) is 9.97 Å². The minimum Gasteiger partial charge on any atom is -0.357 e. The number of halogens is 1. The maximum atomic E-state index is 13.2. The Morgan fingerprint density at radius 1 is 1.07 bits per heavy atom. The number of benzene rings is 2. The van der Waals surface area contributed by atoms with E-state index in [-0.39, 0.29) is 0 Å². The van der Waals surface area contributed by atoms with Crippen LogP contribution >= 0.6 is 0 Å². The molecule has 0 saturated carbocycles. The van der Waals surface area contributed by atoms with Crippen molar-refractivity contribution >= 4 is 10.9 Å². The van der Waals surface area contributed by atoms with Gasteiger partial charge in [-0.15, -0.1) is 0 Å². The summed E-state index contributed by atoms with van der Waals surface area (Å²) in [4.78, 5) is 7.47. The van der Waals surface area contributed by atoms with Crippen molar-refractivity contribution in [3.63, 3.8) is 0 Å². The molecule has 4 heteroatoms. The first-order valence-corrected chi connectivity index (χ1v) is 10.3. The van der Waals surface area contributed by atoms with E-state index in [9.17, 15) is 4.39 Å². The van der Waals surface area contributed by atoms with Gasteiger partial charge in [0.25, 0.3) is 0 Å². The van der Waals surface area contributed by atoms with Crippen molar-refractivity contribution < 1.29 is 4.39 Å². The van der Waals surface area contributed by atoms with Crippen molar-refractivity contribution in [2.45, 2.75) is 38.3 Å². The molecule has 0 radical (unpaired) electrons. The topological polar surface area (TPSA) is 40.7 Å². The van der Waals surface area contributed by atoms with Crippen LogP contribution in [-0.2, 0) is 6.42 Å². The molecule has 1 aliphatic carbocycles. The minimum atomic E-state index is -0.449. The second-order valence-corrected chi connectivity index (χ2v) is 7.89. The highest BCUT2D eigenvalue weighted by Gasteiger charge is 2.25. The SMILES string of the molecule is C[C@@H](N[C@@H]1CCCc2c1[nH]c1ccc(-c3ccc(F)nc3)cc21)c1ccccc1. The maximum Gasteiger partial charge on any atom is 0.212 e. The van der Waals surface area contributed by atoms with Gasteiger partial charge in [0.2, 0.25) is 5.95 Å². The molecule has 0 unspecified atom stereocenters. The van der Waals surface area contributed by atoms with Crippen molar-refractivity contribution in [1.82, 2.24) is 15.3 Å². The lowest BCUT2D eigenvalue weighted by molar-refractivity contribution is 0.410. The van der Waals surface area contributed by atoms with Crippen LogP contribution < -0.4 is 5.32 Å². The summed E-state index contributed by atoms with van der Waals surface area (Å²) >= 11 is 0. The Hall–Kier alpha value is -2.98. The predicted molar refractivity (Wildman–Crippen MR) is 115 cm³/mol. The zero-order valence-corrected chi connectivity index (χ0v) is 16.5. The highest BCUT2D eigenvalue weighted by atomic mass is 19.1. The smallest absolute Gasteiger partial charge is 0.212 e. The van der Waals surface area contributed by atoms with Gasteiger partial charge in [-0.3, -0.25) is 0 Å². The number of aromatic nitrogens is 2. The first kappa shape index (κ1) is 18.1. The van der Waals surface area contributed by atoms with Gasteiger partial charge in [-0.05, 0) is 67.1 Å². The van der Waals surface area contributed by atoms with E-state index in [1.54, 1.807) is 12.3 Å². The lowest BCUT2D eigenvalue weighted by Crippen LogP contribution is -2.27. The fraction of sp³-hybridized carbons (Fsp3) is 0.240. The third kappa shape index (κ3) is 3.45. The number of fused-ring (bicyclic) bond motifs is 3. The van der Waals surface area contributed by atoms with Gasteiger partial charge >= 0.3 is 0 Å². The normalized spacial score (nSPS) is 17.2. The molecule has 0 bridgehead atoms. The van der Waals surface area contributed by atoms with E-state index in [2.05, 4.69) is 70.7 Å². The number of hydrogen-bond donors (Lipinski definition) is 2. The van der Waals surface area contributed by atoms with Gasteiger partial charge in [-0.1, -0.05) is 36.4 Å². The molecule has 2 aromatic heterocycles. The number of nitrogens with zero attached hydrogens (tertiary/aromatic N) is 1. The van der Waals surface area contributed by atoms with Crippen molar-refractivity contribution in [2.24, 2.45) is 0 Å². The molecular weight excluding hydrogens is 361 g/mol. The highest BCUT2D eigenvalue weighted by Crippen LogP contribution is 2.37. The Morgan fingerprint density at radius 3 is 2.69 bits per heavy atom. The second kappa shape index (κ2) is 7.45. The molecule has 0 aliphatic heterocycles. The molecule has 4 aromatic rings. The number of rotatable bonds is 4. The Labute approximate surface area is 170 Å². The molecule has 2 aromatic carbocycles. The Bertz CT molecular complexity index is 1130. The fourth-order valence-electron chi connectivity index (χ4n) is 4.50. The van der Waals surface area contributed by atoms with Gasteiger partial charge < -0.3 is 10.3 Å². The molecule has 146 valence electrons. The number of hydrogen-bond acceptors (Lipinski definition) is 2. The van der Waals surface area contributed by atoms with Crippen LogP contribution in [0.2, 0.25) is 0 Å². The first-order chi connectivity index (χ1) is 14.2. The van der Waals surface area contributed by atoms with Gasteiger partial charge in [0, 0.05) is 40.4 Å². The standard InChI is InChI=1S/C25H24FN3/c1-16(17-6-3-2-4-7-17)28-23-9-5-8-20-21-14-18(10-12-22(21)29-25(20)23)19-11-13-24(26)27-15-19/h2-4,6-7,10-16,23,28-29H,5,8-9H2,1H3/t16-,23-/m1/s1. The Kier molecular flexibility index (Phi) is 4.64. The quantitative estimate of drug-likeness (QED) is 0.417. The second-order valence-electron chi connectivity index (χ2n) is 7.89. The number of nitrogens with one attached hydrogen (secondary N) is 2. The van der Waals surface area contributed by atoms with Crippen LogP contribution in [0.4, 0.5) is 4.39 Å². The zero-order chi connectivity index (χ0) is 19.8. The summed E-state index contributed by atoms with van der Waals surface area (Å²) in [6.45, 7) is 2.23.